The second-order valence-electron chi connectivity index (χ2n) is 5.94. The largest absolute Gasteiger partial charge is 0.479 e. The van der Waals surface area contributed by atoms with Crippen molar-refractivity contribution in [2.24, 2.45) is 0 Å². The number of carbonyl (C=O) groups is 1. The van der Waals surface area contributed by atoms with Gasteiger partial charge in [0.2, 0.25) is 0 Å². The molecule has 4 nitrogen and oxygen atoms in total. The van der Waals surface area contributed by atoms with Crippen LogP contribution in [0.4, 0.5) is 0 Å². The van der Waals surface area contributed by atoms with Crippen LogP contribution in [-0.2, 0) is 15.1 Å². The minimum atomic E-state index is -1.61. The van der Waals surface area contributed by atoms with Crippen molar-refractivity contribution in [3.8, 4) is 0 Å². The number of rotatable bonds is 7. The third kappa shape index (κ3) is 3.52. The highest BCUT2D eigenvalue weighted by atomic mass is 16.5. The van der Waals surface area contributed by atoms with E-state index in [4.69, 9.17) is 9.84 Å². The van der Waals surface area contributed by atoms with E-state index in [1.165, 1.54) is 0 Å². The van der Waals surface area contributed by atoms with Crippen LogP contribution in [0.2, 0.25) is 0 Å². The number of aliphatic hydroxyl groups is 1. The molecular formula is C22H20O4. The minimum absolute atomic E-state index is 0.339. The maximum absolute atomic E-state index is 11.1. The Labute approximate surface area is 152 Å². The van der Waals surface area contributed by atoms with E-state index in [1.54, 1.807) is 0 Å². The van der Waals surface area contributed by atoms with Crippen molar-refractivity contribution in [2.75, 3.05) is 6.61 Å². The van der Waals surface area contributed by atoms with Gasteiger partial charge >= 0.3 is 5.97 Å². The number of carboxylic acid groups (broad SMARTS) is 1. The molecule has 3 rings (SSSR count). The van der Waals surface area contributed by atoms with E-state index >= 15 is 0 Å². The smallest absolute Gasteiger partial charge is 0.334 e. The summed E-state index contributed by atoms with van der Waals surface area (Å²) in [6.07, 6.45) is -1.61. The molecule has 0 fully saturated rings. The molecule has 0 saturated carbocycles. The monoisotopic (exact) mass is 348 g/mol. The van der Waals surface area contributed by atoms with Crippen LogP contribution >= 0.6 is 0 Å². The van der Waals surface area contributed by atoms with Crippen molar-refractivity contribution in [3.05, 3.63) is 108 Å². The summed E-state index contributed by atoms with van der Waals surface area (Å²) in [6.45, 7) is -0.339. The van der Waals surface area contributed by atoms with Crippen LogP contribution in [0.3, 0.4) is 0 Å². The Kier molecular flexibility index (Phi) is 5.46. The number of hydrogen-bond acceptors (Lipinski definition) is 3. The third-order valence-electron chi connectivity index (χ3n) is 4.28. The van der Waals surface area contributed by atoms with Crippen LogP contribution in [0.15, 0.2) is 91.0 Å². The average molecular weight is 348 g/mol. The first kappa shape index (κ1) is 17.9. The molecule has 0 bridgehead atoms. The molecule has 0 aromatic heterocycles. The fourth-order valence-corrected chi connectivity index (χ4v) is 3.04. The van der Waals surface area contributed by atoms with Gasteiger partial charge in [-0.05, 0) is 16.7 Å². The first-order valence-corrected chi connectivity index (χ1v) is 8.36. The predicted molar refractivity (Wildman–Crippen MR) is 98.8 cm³/mol. The lowest BCUT2D eigenvalue weighted by Crippen LogP contribution is -2.37. The van der Waals surface area contributed by atoms with Crippen molar-refractivity contribution < 1.29 is 19.7 Å². The van der Waals surface area contributed by atoms with Crippen molar-refractivity contribution >= 4 is 5.97 Å². The molecular weight excluding hydrogens is 328 g/mol. The molecule has 0 aliphatic carbocycles. The second-order valence-corrected chi connectivity index (χ2v) is 5.94. The number of carboxylic acids is 1. The molecule has 3 aromatic carbocycles. The highest BCUT2D eigenvalue weighted by molar-refractivity contribution is 5.72. The molecule has 0 aliphatic rings. The summed E-state index contributed by atoms with van der Waals surface area (Å²) >= 11 is 0. The Morgan fingerprint density at radius 1 is 0.769 bits per heavy atom. The molecule has 0 saturated heterocycles. The summed E-state index contributed by atoms with van der Waals surface area (Å²) in [5, 5.41) is 18.9. The van der Waals surface area contributed by atoms with E-state index < -0.39 is 17.7 Å². The third-order valence-corrected chi connectivity index (χ3v) is 4.28. The van der Waals surface area contributed by atoms with Crippen molar-refractivity contribution in [2.45, 2.75) is 11.7 Å². The fourth-order valence-electron chi connectivity index (χ4n) is 3.04. The lowest BCUT2D eigenvalue weighted by Gasteiger charge is -2.36. The average Bonchev–Trinajstić information content (AvgIpc) is 2.70. The number of ether oxygens (including phenoxy) is 1. The number of aliphatic carboxylic acids is 1. The molecule has 132 valence electrons. The van der Waals surface area contributed by atoms with Gasteiger partial charge in [0.15, 0.2) is 6.10 Å². The molecule has 0 aliphatic heterocycles. The van der Waals surface area contributed by atoms with E-state index in [9.17, 15) is 9.90 Å². The maximum Gasteiger partial charge on any atom is 0.334 e. The van der Waals surface area contributed by atoms with Gasteiger partial charge in [-0.3, -0.25) is 0 Å². The van der Waals surface area contributed by atoms with Gasteiger partial charge in [-0.1, -0.05) is 91.0 Å². The van der Waals surface area contributed by atoms with Gasteiger partial charge in [0.25, 0.3) is 0 Å². The lowest BCUT2D eigenvalue weighted by atomic mass is 9.80. The Bertz CT molecular complexity index is 735. The summed E-state index contributed by atoms with van der Waals surface area (Å²) in [6, 6.07) is 28.8. The SMILES string of the molecule is O=C(O)[C@H](O)COC(c1ccccc1)(c1ccccc1)c1ccccc1. The van der Waals surface area contributed by atoms with Crippen LogP contribution in [0.1, 0.15) is 16.7 Å². The van der Waals surface area contributed by atoms with E-state index in [0.717, 1.165) is 16.7 Å². The van der Waals surface area contributed by atoms with Crippen LogP contribution < -0.4 is 0 Å². The van der Waals surface area contributed by atoms with E-state index in [1.807, 2.05) is 91.0 Å². The van der Waals surface area contributed by atoms with Crippen LogP contribution in [0.5, 0.6) is 0 Å². The summed E-state index contributed by atoms with van der Waals surface area (Å²) in [7, 11) is 0. The quantitative estimate of drug-likeness (QED) is 0.642. The Morgan fingerprint density at radius 3 is 1.42 bits per heavy atom. The predicted octanol–water partition coefficient (Wildman–Crippen LogP) is 3.44. The molecule has 0 heterocycles. The summed E-state index contributed by atoms with van der Waals surface area (Å²) in [4.78, 5) is 11.1. The van der Waals surface area contributed by atoms with Crippen LogP contribution in [0.25, 0.3) is 0 Å². The standard InChI is InChI=1S/C22H20O4/c23-20(21(24)25)16-26-22(17-10-4-1-5-11-17,18-12-6-2-7-13-18)19-14-8-3-9-15-19/h1-15,20,23H,16H2,(H,24,25)/t20-/m1/s1. The highest BCUT2D eigenvalue weighted by Crippen LogP contribution is 2.40. The first-order valence-electron chi connectivity index (χ1n) is 8.36. The molecule has 0 unspecified atom stereocenters. The maximum atomic E-state index is 11.1. The van der Waals surface area contributed by atoms with Crippen LogP contribution in [0, 0.1) is 0 Å². The highest BCUT2D eigenvalue weighted by Gasteiger charge is 2.38. The molecule has 0 spiro atoms. The molecule has 0 amide bonds. The zero-order valence-corrected chi connectivity index (χ0v) is 14.2. The summed E-state index contributed by atoms with van der Waals surface area (Å²) in [5.41, 5.74) is 1.54. The molecule has 1 atom stereocenters. The first-order chi connectivity index (χ1) is 12.6. The van der Waals surface area contributed by atoms with E-state index in [0.29, 0.717) is 0 Å². The van der Waals surface area contributed by atoms with Gasteiger partial charge < -0.3 is 14.9 Å². The van der Waals surface area contributed by atoms with Gasteiger partial charge in [0.1, 0.15) is 5.60 Å². The lowest BCUT2D eigenvalue weighted by molar-refractivity contribution is -0.152. The van der Waals surface area contributed by atoms with E-state index in [-0.39, 0.29) is 6.61 Å². The van der Waals surface area contributed by atoms with Gasteiger partial charge in [-0.15, -0.1) is 0 Å². The number of hydrogen-bond donors (Lipinski definition) is 2. The van der Waals surface area contributed by atoms with Gasteiger partial charge in [0, 0.05) is 0 Å². The second kappa shape index (κ2) is 7.95. The van der Waals surface area contributed by atoms with Crippen molar-refractivity contribution in [3.63, 3.8) is 0 Å². The zero-order chi connectivity index (χ0) is 18.4. The Hall–Kier alpha value is -2.95. The van der Waals surface area contributed by atoms with Gasteiger partial charge in [-0.25, -0.2) is 4.79 Å². The summed E-state index contributed by atoms with van der Waals surface area (Å²) in [5.74, 6) is -1.31. The number of benzene rings is 3. The van der Waals surface area contributed by atoms with E-state index in [2.05, 4.69) is 0 Å². The molecule has 2 N–H and O–H groups in total. The molecule has 3 aromatic rings. The molecule has 4 heteroatoms. The summed E-state index contributed by atoms with van der Waals surface area (Å²) < 4.78 is 6.18. The minimum Gasteiger partial charge on any atom is -0.479 e. The zero-order valence-electron chi connectivity index (χ0n) is 14.2. The normalized spacial score (nSPS) is 12.5. The fraction of sp³-hybridized carbons (Fsp3) is 0.136. The molecule has 0 radical (unpaired) electrons. The van der Waals surface area contributed by atoms with Crippen molar-refractivity contribution in [1.82, 2.24) is 0 Å². The van der Waals surface area contributed by atoms with Crippen molar-refractivity contribution in [1.29, 1.82) is 0 Å². The van der Waals surface area contributed by atoms with Gasteiger partial charge in [-0.2, -0.15) is 0 Å². The number of aliphatic hydroxyl groups excluding tert-OH is 1. The topological polar surface area (TPSA) is 66.8 Å². The Balaban J connectivity index is 2.19. The molecule has 26 heavy (non-hydrogen) atoms. The van der Waals surface area contributed by atoms with Gasteiger partial charge in [0.05, 0.1) is 6.61 Å². The van der Waals surface area contributed by atoms with Crippen LogP contribution in [-0.4, -0.2) is 28.9 Å². The Morgan fingerprint density at radius 2 is 1.12 bits per heavy atom.